The van der Waals surface area contributed by atoms with E-state index in [4.69, 9.17) is 10.2 Å². The van der Waals surface area contributed by atoms with Crippen LogP contribution in [-0.2, 0) is 5.75 Å². The van der Waals surface area contributed by atoms with Gasteiger partial charge in [0.25, 0.3) is 0 Å². The Morgan fingerprint density at radius 3 is 2.59 bits per heavy atom. The fourth-order valence-corrected chi connectivity index (χ4v) is 2.92. The molecule has 0 aliphatic carbocycles. The largest absolute Gasteiger partial charge is 0.468 e. The highest BCUT2D eigenvalue weighted by Crippen LogP contribution is 2.33. The summed E-state index contributed by atoms with van der Waals surface area (Å²) in [5.74, 6) is 1.92. The maximum atomic E-state index is 5.68. The lowest BCUT2D eigenvalue weighted by Crippen LogP contribution is -2.05. The van der Waals surface area contributed by atoms with Crippen LogP contribution in [0.5, 0.6) is 0 Å². The summed E-state index contributed by atoms with van der Waals surface area (Å²) < 4.78 is 5.35. The first kappa shape index (κ1) is 12.3. The molecular weight excluding hydrogens is 230 g/mol. The van der Waals surface area contributed by atoms with E-state index in [2.05, 4.69) is 24.3 Å². The van der Waals surface area contributed by atoms with Crippen molar-refractivity contribution in [1.82, 2.24) is 0 Å². The van der Waals surface area contributed by atoms with Gasteiger partial charge in [0.2, 0.25) is 0 Å². The number of benzene rings is 1. The summed E-state index contributed by atoms with van der Waals surface area (Å²) in [5, 5.41) is 0.450. The second-order valence-corrected chi connectivity index (χ2v) is 5.06. The zero-order valence-electron chi connectivity index (χ0n) is 9.71. The highest BCUT2D eigenvalue weighted by atomic mass is 32.2. The Hall–Kier alpha value is -1.19. The molecular formula is C14H17NOS. The van der Waals surface area contributed by atoms with Gasteiger partial charge in [-0.1, -0.05) is 30.3 Å². The predicted molar refractivity (Wildman–Crippen MR) is 72.9 cm³/mol. The minimum Gasteiger partial charge on any atom is -0.468 e. The summed E-state index contributed by atoms with van der Waals surface area (Å²) in [5.41, 5.74) is 7.02. The zero-order valence-corrected chi connectivity index (χ0v) is 10.5. The SMILES string of the molecule is NCCC(SCc1ccco1)c1ccccc1. The number of furan rings is 1. The molecule has 2 N–H and O–H groups in total. The molecule has 17 heavy (non-hydrogen) atoms. The molecule has 0 bridgehead atoms. The number of rotatable bonds is 6. The van der Waals surface area contributed by atoms with Crippen molar-refractivity contribution in [3.8, 4) is 0 Å². The Kier molecular flexibility index (Phi) is 4.71. The second kappa shape index (κ2) is 6.52. The summed E-state index contributed by atoms with van der Waals surface area (Å²) in [4.78, 5) is 0. The minimum absolute atomic E-state index is 0.450. The molecule has 2 rings (SSSR count). The fourth-order valence-electron chi connectivity index (χ4n) is 1.74. The molecule has 3 heteroatoms. The van der Waals surface area contributed by atoms with Gasteiger partial charge >= 0.3 is 0 Å². The molecule has 1 aromatic heterocycles. The molecule has 0 aliphatic heterocycles. The Labute approximate surface area is 106 Å². The predicted octanol–water partition coefficient (Wildman–Crippen LogP) is 3.60. The van der Waals surface area contributed by atoms with Crippen LogP contribution in [0.4, 0.5) is 0 Å². The Morgan fingerprint density at radius 2 is 1.94 bits per heavy atom. The molecule has 90 valence electrons. The molecule has 0 saturated heterocycles. The second-order valence-electron chi connectivity index (χ2n) is 3.87. The molecule has 1 heterocycles. The molecule has 0 amide bonds. The minimum atomic E-state index is 0.450. The van der Waals surface area contributed by atoms with Crippen molar-refractivity contribution in [2.24, 2.45) is 5.73 Å². The van der Waals surface area contributed by atoms with Gasteiger partial charge in [-0.25, -0.2) is 0 Å². The van der Waals surface area contributed by atoms with E-state index in [-0.39, 0.29) is 0 Å². The van der Waals surface area contributed by atoms with Crippen LogP contribution < -0.4 is 5.73 Å². The van der Waals surface area contributed by atoms with E-state index in [1.807, 2.05) is 30.0 Å². The van der Waals surface area contributed by atoms with Gasteiger partial charge in [0.15, 0.2) is 0 Å². The molecule has 0 spiro atoms. The smallest absolute Gasteiger partial charge is 0.113 e. The molecule has 0 fully saturated rings. The molecule has 2 nitrogen and oxygen atoms in total. The monoisotopic (exact) mass is 247 g/mol. The van der Waals surface area contributed by atoms with Gasteiger partial charge in [0.1, 0.15) is 5.76 Å². The van der Waals surface area contributed by atoms with E-state index >= 15 is 0 Å². The van der Waals surface area contributed by atoms with Crippen LogP contribution in [0.1, 0.15) is 23.0 Å². The summed E-state index contributed by atoms with van der Waals surface area (Å²) >= 11 is 1.88. The van der Waals surface area contributed by atoms with Crippen molar-refractivity contribution in [3.05, 3.63) is 60.1 Å². The molecule has 1 atom stereocenters. The van der Waals surface area contributed by atoms with Crippen LogP contribution in [-0.4, -0.2) is 6.54 Å². The number of thioether (sulfide) groups is 1. The van der Waals surface area contributed by atoms with Crippen molar-refractivity contribution in [1.29, 1.82) is 0 Å². The van der Waals surface area contributed by atoms with Gasteiger partial charge in [-0.15, -0.1) is 11.8 Å². The summed E-state index contributed by atoms with van der Waals surface area (Å²) in [6.45, 7) is 0.713. The first-order valence-corrected chi connectivity index (χ1v) is 6.84. The third kappa shape index (κ3) is 3.65. The van der Waals surface area contributed by atoms with Crippen molar-refractivity contribution in [2.75, 3.05) is 6.54 Å². The highest BCUT2D eigenvalue weighted by molar-refractivity contribution is 7.98. The van der Waals surface area contributed by atoms with E-state index in [1.54, 1.807) is 6.26 Å². The zero-order chi connectivity index (χ0) is 11.9. The van der Waals surface area contributed by atoms with Crippen molar-refractivity contribution in [3.63, 3.8) is 0 Å². The normalized spacial score (nSPS) is 12.5. The van der Waals surface area contributed by atoms with Crippen LogP contribution in [0, 0.1) is 0 Å². The lowest BCUT2D eigenvalue weighted by atomic mass is 10.1. The molecule has 0 aliphatic rings. The first-order chi connectivity index (χ1) is 8.40. The fraction of sp³-hybridized carbons (Fsp3) is 0.286. The molecule has 2 aromatic rings. The van der Waals surface area contributed by atoms with E-state index in [0.29, 0.717) is 11.8 Å². The van der Waals surface area contributed by atoms with Gasteiger partial charge < -0.3 is 10.2 Å². The average Bonchev–Trinajstić information content (AvgIpc) is 2.88. The summed E-state index contributed by atoms with van der Waals surface area (Å²) in [7, 11) is 0. The molecule has 0 saturated carbocycles. The lowest BCUT2D eigenvalue weighted by molar-refractivity contribution is 0.530. The van der Waals surface area contributed by atoms with Gasteiger partial charge in [0, 0.05) is 5.25 Å². The van der Waals surface area contributed by atoms with Crippen molar-refractivity contribution < 1.29 is 4.42 Å². The quantitative estimate of drug-likeness (QED) is 0.847. The standard InChI is InChI=1S/C14H17NOS/c15-9-8-14(12-5-2-1-3-6-12)17-11-13-7-4-10-16-13/h1-7,10,14H,8-9,11,15H2. The van der Waals surface area contributed by atoms with E-state index in [9.17, 15) is 0 Å². The van der Waals surface area contributed by atoms with Crippen LogP contribution in [0.3, 0.4) is 0 Å². The van der Waals surface area contributed by atoms with Crippen LogP contribution in [0.25, 0.3) is 0 Å². The number of nitrogens with two attached hydrogens (primary N) is 1. The first-order valence-electron chi connectivity index (χ1n) is 5.79. The third-order valence-electron chi connectivity index (χ3n) is 2.61. The van der Waals surface area contributed by atoms with Crippen molar-refractivity contribution in [2.45, 2.75) is 17.4 Å². The topological polar surface area (TPSA) is 39.2 Å². The van der Waals surface area contributed by atoms with E-state index < -0.39 is 0 Å². The van der Waals surface area contributed by atoms with Crippen LogP contribution in [0.15, 0.2) is 53.1 Å². The third-order valence-corrected chi connectivity index (χ3v) is 3.97. The highest BCUT2D eigenvalue weighted by Gasteiger charge is 2.11. The maximum absolute atomic E-state index is 5.68. The van der Waals surface area contributed by atoms with Gasteiger partial charge in [-0.2, -0.15) is 0 Å². The van der Waals surface area contributed by atoms with Crippen molar-refractivity contribution >= 4 is 11.8 Å². The lowest BCUT2D eigenvalue weighted by Gasteiger charge is -2.15. The van der Waals surface area contributed by atoms with E-state index in [0.717, 1.165) is 17.9 Å². The van der Waals surface area contributed by atoms with Gasteiger partial charge in [-0.05, 0) is 30.7 Å². The van der Waals surface area contributed by atoms with Gasteiger partial charge in [-0.3, -0.25) is 0 Å². The van der Waals surface area contributed by atoms with E-state index in [1.165, 1.54) is 5.56 Å². The Balaban J connectivity index is 1.98. The summed E-state index contributed by atoms with van der Waals surface area (Å²) in [6, 6.07) is 14.5. The maximum Gasteiger partial charge on any atom is 0.113 e. The van der Waals surface area contributed by atoms with Gasteiger partial charge in [0.05, 0.1) is 12.0 Å². The molecule has 0 radical (unpaired) electrons. The van der Waals surface area contributed by atoms with Crippen LogP contribution in [0.2, 0.25) is 0 Å². The van der Waals surface area contributed by atoms with Crippen LogP contribution >= 0.6 is 11.8 Å². The Morgan fingerprint density at radius 1 is 1.12 bits per heavy atom. The summed E-state index contributed by atoms with van der Waals surface area (Å²) in [6.07, 6.45) is 2.71. The number of hydrogen-bond acceptors (Lipinski definition) is 3. The molecule has 1 unspecified atom stereocenters. The average molecular weight is 247 g/mol. The Bertz CT molecular complexity index is 413. The number of hydrogen-bond donors (Lipinski definition) is 1. The molecule has 1 aromatic carbocycles.